The van der Waals surface area contributed by atoms with Crippen LogP contribution >= 0.6 is 0 Å². The Balaban J connectivity index is 2.64. The van der Waals surface area contributed by atoms with Gasteiger partial charge >= 0.3 is 5.69 Å². The molecule has 1 heterocycles. The van der Waals surface area contributed by atoms with Crippen LogP contribution in [0.25, 0.3) is 0 Å². The van der Waals surface area contributed by atoms with Crippen LogP contribution in [0.15, 0.2) is 21.7 Å². The van der Waals surface area contributed by atoms with Crippen LogP contribution in [0.2, 0.25) is 0 Å². The summed E-state index contributed by atoms with van der Waals surface area (Å²) in [4.78, 5) is 38.6. The van der Waals surface area contributed by atoms with E-state index in [2.05, 4.69) is 21.9 Å². The molecule has 0 fully saturated rings. The second-order valence-corrected chi connectivity index (χ2v) is 4.25. The van der Waals surface area contributed by atoms with Crippen LogP contribution in [0.5, 0.6) is 0 Å². The number of hydrogen-bond donors (Lipinski definition) is 3. The van der Waals surface area contributed by atoms with Gasteiger partial charge in [0.2, 0.25) is 5.91 Å². The molecule has 0 radical (unpaired) electrons. The van der Waals surface area contributed by atoms with Crippen molar-refractivity contribution in [3.8, 4) is 0 Å². The van der Waals surface area contributed by atoms with E-state index in [4.69, 9.17) is 0 Å². The molecule has 0 spiro atoms. The average Bonchev–Trinajstić information content (AvgIpc) is 2.24. The fraction of sp³-hybridized carbons (Fsp3) is 0.417. The Kier molecular flexibility index (Phi) is 4.65. The summed E-state index contributed by atoms with van der Waals surface area (Å²) in [6.45, 7) is 7.56. The number of carbonyl (C=O) groups is 1. The van der Waals surface area contributed by atoms with Crippen molar-refractivity contribution in [3.63, 3.8) is 0 Å². The smallest absolute Gasteiger partial charge is 0.325 e. The van der Waals surface area contributed by atoms with E-state index in [1.807, 2.05) is 6.92 Å². The summed E-state index contributed by atoms with van der Waals surface area (Å²) in [5, 5.41) is 2.68. The first-order valence-corrected chi connectivity index (χ1v) is 5.63. The predicted octanol–water partition coefficient (Wildman–Crippen LogP) is -0.00348. The van der Waals surface area contributed by atoms with Crippen molar-refractivity contribution in [3.05, 3.63) is 44.2 Å². The molecule has 0 aliphatic rings. The highest BCUT2D eigenvalue weighted by atomic mass is 16.2. The Bertz CT molecular complexity index is 569. The van der Waals surface area contributed by atoms with E-state index in [0.29, 0.717) is 24.2 Å². The van der Waals surface area contributed by atoms with Crippen LogP contribution in [0.4, 0.5) is 0 Å². The fourth-order valence-corrected chi connectivity index (χ4v) is 1.50. The van der Waals surface area contributed by atoms with E-state index in [-0.39, 0.29) is 12.3 Å². The van der Waals surface area contributed by atoms with Crippen LogP contribution in [0.1, 0.15) is 24.6 Å². The van der Waals surface area contributed by atoms with Crippen molar-refractivity contribution >= 4 is 5.91 Å². The third-order valence-electron chi connectivity index (χ3n) is 2.44. The number of aryl methyl sites for hydroxylation is 1. The minimum atomic E-state index is -0.534. The summed E-state index contributed by atoms with van der Waals surface area (Å²) < 4.78 is 0. The van der Waals surface area contributed by atoms with E-state index in [9.17, 15) is 14.4 Å². The molecule has 0 saturated carbocycles. The summed E-state index contributed by atoms with van der Waals surface area (Å²) >= 11 is 0. The quantitative estimate of drug-likeness (QED) is 0.643. The maximum absolute atomic E-state index is 11.5. The predicted molar refractivity (Wildman–Crippen MR) is 68.6 cm³/mol. The lowest BCUT2D eigenvalue weighted by Crippen LogP contribution is -2.29. The van der Waals surface area contributed by atoms with Gasteiger partial charge in [0.05, 0.1) is 0 Å². The standard InChI is InChI=1S/C12H17N3O3/c1-7(2)6-13-10(16)5-4-9-8(3)14-12(18)15-11(9)17/h1,4-6H2,2-3H3,(H,13,16)(H2,14,15,17,18). The van der Waals surface area contributed by atoms with Crippen molar-refractivity contribution < 1.29 is 4.79 Å². The second-order valence-electron chi connectivity index (χ2n) is 4.25. The topological polar surface area (TPSA) is 94.8 Å². The van der Waals surface area contributed by atoms with Crippen LogP contribution < -0.4 is 16.6 Å². The lowest BCUT2D eigenvalue weighted by molar-refractivity contribution is -0.120. The summed E-state index contributed by atoms with van der Waals surface area (Å²) in [5.74, 6) is -0.150. The monoisotopic (exact) mass is 251 g/mol. The molecule has 0 unspecified atom stereocenters. The van der Waals surface area contributed by atoms with Gasteiger partial charge in [0.1, 0.15) is 0 Å². The number of nitrogens with one attached hydrogen (secondary N) is 3. The Morgan fingerprint density at radius 3 is 2.56 bits per heavy atom. The summed E-state index contributed by atoms with van der Waals surface area (Å²) in [6.07, 6.45) is 0.489. The van der Waals surface area contributed by atoms with Crippen molar-refractivity contribution in [2.75, 3.05) is 6.54 Å². The first kappa shape index (κ1) is 14.0. The maximum atomic E-state index is 11.5. The summed E-state index contributed by atoms with van der Waals surface area (Å²) in [6, 6.07) is 0. The molecule has 0 saturated heterocycles. The Morgan fingerprint density at radius 2 is 2.00 bits per heavy atom. The molecule has 0 atom stereocenters. The molecule has 1 rings (SSSR count). The lowest BCUT2D eigenvalue weighted by atomic mass is 10.1. The lowest BCUT2D eigenvalue weighted by Gasteiger charge is -2.05. The molecule has 0 aliphatic carbocycles. The van der Waals surface area contributed by atoms with Gasteiger partial charge in [-0.15, -0.1) is 0 Å². The van der Waals surface area contributed by atoms with Gasteiger partial charge in [-0.25, -0.2) is 4.79 Å². The molecule has 0 aliphatic heterocycles. The van der Waals surface area contributed by atoms with Crippen molar-refractivity contribution in [2.24, 2.45) is 0 Å². The van der Waals surface area contributed by atoms with Gasteiger partial charge in [0, 0.05) is 24.2 Å². The molecule has 6 heteroatoms. The van der Waals surface area contributed by atoms with Gasteiger partial charge in [0.15, 0.2) is 0 Å². The van der Waals surface area contributed by atoms with E-state index < -0.39 is 11.2 Å². The van der Waals surface area contributed by atoms with Crippen LogP contribution in [0.3, 0.4) is 0 Å². The zero-order valence-electron chi connectivity index (χ0n) is 10.6. The third-order valence-corrected chi connectivity index (χ3v) is 2.44. The fourth-order valence-electron chi connectivity index (χ4n) is 1.50. The summed E-state index contributed by atoms with van der Waals surface area (Å²) in [5.41, 5.74) is 0.815. The molecule has 1 amide bonds. The summed E-state index contributed by atoms with van der Waals surface area (Å²) in [7, 11) is 0. The molecule has 1 aromatic rings. The first-order valence-electron chi connectivity index (χ1n) is 5.63. The Morgan fingerprint density at radius 1 is 1.33 bits per heavy atom. The van der Waals surface area contributed by atoms with E-state index in [1.54, 1.807) is 6.92 Å². The maximum Gasteiger partial charge on any atom is 0.325 e. The van der Waals surface area contributed by atoms with Gasteiger partial charge in [-0.3, -0.25) is 14.6 Å². The van der Waals surface area contributed by atoms with Gasteiger partial charge in [0.25, 0.3) is 5.56 Å². The highest BCUT2D eigenvalue weighted by molar-refractivity contribution is 5.76. The van der Waals surface area contributed by atoms with Crippen LogP contribution in [0, 0.1) is 6.92 Å². The largest absolute Gasteiger partial charge is 0.352 e. The van der Waals surface area contributed by atoms with Gasteiger partial charge in [-0.1, -0.05) is 12.2 Å². The minimum Gasteiger partial charge on any atom is -0.352 e. The molecule has 1 aromatic heterocycles. The van der Waals surface area contributed by atoms with Crippen molar-refractivity contribution in [1.82, 2.24) is 15.3 Å². The Labute approximate surface area is 104 Å². The van der Waals surface area contributed by atoms with Gasteiger partial charge in [-0.2, -0.15) is 0 Å². The molecular weight excluding hydrogens is 234 g/mol. The molecule has 0 aromatic carbocycles. The average molecular weight is 251 g/mol. The molecule has 6 nitrogen and oxygen atoms in total. The number of hydrogen-bond acceptors (Lipinski definition) is 3. The Hall–Kier alpha value is -2.11. The number of carbonyl (C=O) groups excluding carboxylic acids is 1. The number of aromatic amines is 2. The minimum absolute atomic E-state index is 0.150. The third kappa shape index (κ3) is 4.04. The van der Waals surface area contributed by atoms with Gasteiger partial charge in [-0.05, 0) is 20.3 Å². The zero-order valence-corrected chi connectivity index (χ0v) is 10.6. The molecule has 3 N–H and O–H groups in total. The number of amides is 1. The second kappa shape index (κ2) is 6.00. The highest BCUT2D eigenvalue weighted by Gasteiger charge is 2.08. The highest BCUT2D eigenvalue weighted by Crippen LogP contribution is 1.99. The van der Waals surface area contributed by atoms with Crippen LogP contribution in [-0.4, -0.2) is 22.4 Å². The van der Waals surface area contributed by atoms with Gasteiger partial charge < -0.3 is 10.3 Å². The number of aromatic nitrogens is 2. The van der Waals surface area contributed by atoms with Crippen LogP contribution in [-0.2, 0) is 11.2 Å². The van der Waals surface area contributed by atoms with Crippen molar-refractivity contribution in [1.29, 1.82) is 0 Å². The van der Waals surface area contributed by atoms with E-state index in [0.717, 1.165) is 5.57 Å². The molecule has 98 valence electrons. The molecule has 18 heavy (non-hydrogen) atoms. The number of rotatable bonds is 5. The normalized spacial score (nSPS) is 10.1. The molecular formula is C12H17N3O3. The van der Waals surface area contributed by atoms with E-state index in [1.165, 1.54) is 0 Å². The molecule has 0 bridgehead atoms. The first-order chi connectivity index (χ1) is 8.40. The van der Waals surface area contributed by atoms with Crippen molar-refractivity contribution in [2.45, 2.75) is 26.7 Å². The SMILES string of the molecule is C=C(C)CNC(=O)CCc1c(C)[nH]c(=O)[nH]c1=O. The number of H-pyrrole nitrogens is 2. The zero-order chi connectivity index (χ0) is 13.7. The van der Waals surface area contributed by atoms with E-state index >= 15 is 0 Å².